The number of aromatic nitrogens is 3. The molecule has 0 aliphatic carbocycles. The molecule has 0 atom stereocenters. The lowest BCUT2D eigenvalue weighted by Crippen LogP contribution is -2.32. The van der Waals surface area contributed by atoms with Crippen molar-refractivity contribution < 1.29 is 14.7 Å². The Balaban J connectivity index is 1.62. The van der Waals surface area contributed by atoms with Gasteiger partial charge in [-0.1, -0.05) is 0 Å². The van der Waals surface area contributed by atoms with E-state index in [2.05, 4.69) is 20.6 Å². The molecule has 124 valence electrons. The van der Waals surface area contributed by atoms with Gasteiger partial charge in [0.05, 0.1) is 30.5 Å². The van der Waals surface area contributed by atoms with Crippen molar-refractivity contribution in [2.45, 2.75) is 6.54 Å². The minimum absolute atomic E-state index is 0.0158. The molecule has 0 bridgehead atoms. The average Bonchev–Trinajstić information content (AvgIpc) is 3.22. The topological polar surface area (TPSA) is 109 Å². The third-order valence-corrected chi connectivity index (χ3v) is 4.00. The van der Waals surface area contributed by atoms with Crippen LogP contribution >= 0.6 is 11.3 Å². The molecule has 1 aromatic carbocycles. The number of nitrogens with zero attached hydrogens (tertiary/aromatic N) is 3. The number of hydrogen-bond acceptors (Lipinski definition) is 6. The zero-order valence-corrected chi connectivity index (χ0v) is 13.4. The van der Waals surface area contributed by atoms with E-state index in [0.29, 0.717) is 22.8 Å². The fourth-order valence-corrected chi connectivity index (χ4v) is 2.75. The smallest absolute Gasteiger partial charge is 0.251 e. The van der Waals surface area contributed by atoms with Crippen LogP contribution in [0.4, 0.5) is 5.13 Å². The Bertz CT molecular complexity index is 859. The summed E-state index contributed by atoms with van der Waals surface area (Å²) in [6.45, 7) is 0.316. The van der Waals surface area contributed by atoms with Gasteiger partial charge in [-0.3, -0.25) is 9.59 Å². The molecule has 0 spiro atoms. The molecule has 3 N–H and O–H groups in total. The van der Waals surface area contributed by atoms with Gasteiger partial charge in [-0.05, 0) is 18.2 Å². The van der Waals surface area contributed by atoms with E-state index in [1.54, 1.807) is 40.7 Å². The van der Waals surface area contributed by atoms with Crippen molar-refractivity contribution >= 4 is 39.3 Å². The Labute approximate surface area is 141 Å². The van der Waals surface area contributed by atoms with Gasteiger partial charge in [0.25, 0.3) is 5.91 Å². The first-order valence-electron chi connectivity index (χ1n) is 7.20. The van der Waals surface area contributed by atoms with E-state index in [1.165, 1.54) is 11.3 Å². The third-order valence-electron chi connectivity index (χ3n) is 3.31. The number of aliphatic hydroxyl groups is 1. The van der Waals surface area contributed by atoms with Gasteiger partial charge in [0, 0.05) is 23.7 Å². The highest BCUT2D eigenvalue weighted by molar-refractivity contribution is 7.13. The van der Waals surface area contributed by atoms with Crippen LogP contribution in [0.1, 0.15) is 10.4 Å². The van der Waals surface area contributed by atoms with Crippen molar-refractivity contribution in [1.82, 2.24) is 19.9 Å². The second kappa shape index (κ2) is 7.20. The van der Waals surface area contributed by atoms with E-state index < -0.39 is 0 Å². The standard InChI is InChI=1S/C15H15N5O3S/c21-5-4-20-9-18-11-7-10(1-2-12(11)20)14(23)17-8-13(22)19-15-16-3-6-24-15/h1-3,6-7,9,21H,4-5,8H2,(H,17,23)(H,16,19,22). The van der Waals surface area contributed by atoms with Gasteiger partial charge in [0.1, 0.15) is 0 Å². The van der Waals surface area contributed by atoms with E-state index >= 15 is 0 Å². The summed E-state index contributed by atoms with van der Waals surface area (Å²) in [5.41, 5.74) is 1.91. The molecule has 8 nitrogen and oxygen atoms in total. The molecule has 2 heterocycles. The van der Waals surface area contributed by atoms with Gasteiger partial charge in [-0.2, -0.15) is 0 Å². The molecular weight excluding hydrogens is 330 g/mol. The first kappa shape index (κ1) is 16.1. The first-order chi connectivity index (χ1) is 11.7. The van der Waals surface area contributed by atoms with Crippen molar-refractivity contribution in [3.05, 3.63) is 41.7 Å². The van der Waals surface area contributed by atoms with Crippen molar-refractivity contribution in [2.75, 3.05) is 18.5 Å². The van der Waals surface area contributed by atoms with Crippen LogP contribution in [0.2, 0.25) is 0 Å². The minimum Gasteiger partial charge on any atom is -0.395 e. The zero-order valence-electron chi connectivity index (χ0n) is 12.6. The van der Waals surface area contributed by atoms with E-state index in [9.17, 15) is 9.59 Å². The molecule has 0 saturated carbocycles. The summed E-state index contributed by atoms with van der Waals surface area (Å²) < 4.78 is 1.80. The molecule has 24 heavy (non-hydrogen) atoms. The van der Waals surface area contributed by atoms with Crippen LogP contribution in [-0.4, -0.2) is 44.6 Å². The number of aliphatic hydroxyl groups excluding tert-OH is 1. The van der Waals surface area contributed by atoms with Crippen molar-refractivity contribution in [3.63, 3.8) is 0 Å². The molecule has 0 saturated heterocycles. The van der Waals surface area contributed by atoms with Crippen LogP contribution < -0.4 is 10.6 Å². The van der Waals surface area contributed by atoms with E-state index in [0.717, 1.165) is 5.52 Å². The normalized spacial score (nSPS) is 10.7. The Kier molecular flexibility index (Phi) is 4.82. The predicted octanol–water partition coefficient (Wildman–Crippen LogP) is 0.854. The maximum atomic E-state index is 12.1. The van der Waals surface area contributed by atoms with E-state index in [1.807, 2.05) is 0 Å². The summed E-state index contributed by atoms with van der Waals surface area (Å²) in [6, 6.07) is 5.08. The second-order valence-corrected chi connectivity index (χ2v) is 5.83. The highest BCUT2D eigenvalue weighted by Crippen LogP contribution is 2.15. The monoisotopic (exact) mass is 345 g/mol. The number of nitrogens with one attached hydrogen (secondary N) is 2. The molecule has 0 unspecified atom stereocenters. The molecule has 9 heteroatoms. The Hall–Kier alpha value is -2.78. The Morgan fingerprint density at radius 2 is 2.17 bits per heavy atom. The quantitative estimate of drug-likeness (QED) is 0.614. The number of imidazole rings is 1. The summed E-state index contributed by atoms with van der Waals surface area (Å²) in [6.07, 6.45) is 3.20. The lowest BCUT2D eigenvalue weighted by Gasteiger charge is -2.06. The maximum Gasteiger partial charge on any atom is 0.251 e. The van der Waals surface area contributed by atoms with Gasteiger partial charge in [-0.15, -0.1) is 11.3 Å². The molecule has 2 aromatic heterocycles. The molecule has 0 fully saturated rings. The molecule has 3 aromatic rings. The van der Waals surface area contributed by atoms with Crippen LogP contribution in [-0.2, 0) is 11.3 Å². The molecule has 0 aliphatic heterocycles. The van der Waals surface area contributed by atoms with Gasteiger partial charge in [0.15, 0.2) is 5.13 Å². The van der Waals surface area contributed by atoms with Crippen LogP contribution in [0.25, 0.3) is 11.0 Å². The number of fused-ring (bicyclic) bond motifs is 1. The van der Waals surface area contributed by atoms with E-state index in [4.69, 9.17) is 5.11 Å². The van der Waals surface area contributed by atoms with Crippen LogP contribution in [0.5, 0.6) is 0 Å². The van der Waals surface area contributed by atoms with Crippen LogP contribution in [0.15, 0.2) is 36.1 Å². The Morgan fingerprint density at radius 3 is 2.92 bits per heavy atom. The molecular formula is C15H15N5O3S. The SMILES string of the molecule is O=C(CNC(=O)c1ccc2c(c1)ncn2CCO)Nc1nccs1. The number of carbonyl (C=O) groups is 2. The zero-order chi connectivity index (χ0) is 16.9. The minimum atomic E-state index is -0.358. The average molecular weight is 345 g/mol. The summed E-state index contributed by atoms with van der Waals surface area (Å²) in [5.74, 6) is -0.700. The van der Waals surface area contributed by atoms with Gasteiger partial charge >= 0.3 is 0 Å². The van der Waals surface area contributed by atoms with Crippen LogP contribution in [0.3, 0.4) is 0 Å². The number of rotatable bonds is 6. The molecule has 2 amide bonds. The number of carbonyl (C=O) groups excluding carboxylic acids is 2. The largest absolute Gasteiger partial charge is 0.395 e. The summed E-state index contributed by atoms with van der Waals surface area (Å²) in [5, 5.41) is 16.4. The van der Waals surface area contributed by atoms with Crippen LogP contribution in [0, 0.1) is 0 Å². The van der Waals surface area contributed by atoms with Gasteiger partial charge < -0.3 is 20.3 Å². The molecule has 3 rings (SSSR count). The maximum absolute atomic E-state index is 12.1. The second-order valence-electron chi connectivity index (χ2n) is 4.93. The van der Waals surface area contributed by atoms with Crippen molar-refractivity contribution in [2.24, 2.45) is 0 Å². The van der Waals surface area contributed by atoms with Gasteiger partial charge in [0.2, 0.25) is 5.91 Å². The highest BCUT2D eigenvalue weighted by atomic mass is 32.1. The number of anilines is 1. The predicted molar refractivity (Wildman–Crippen MR) is 89.9 cm³/mol. The first-order valence-corrected chi connectivity index (χ1v) is 8.08. The lowest BCUT2D eigenvalue weighted by molar-refractivity contribution is -0.115. The number of thiazole rings is 1. The van der Waals surface area contributed by atoms with Gasteiger partial charge in [-0.25, -0.2) is 9.97 Å². The lowest BCUT2D eigenvalue weighted by atomic mass is 10.2. The number of amides is 2. The van der Waals surface area contributed by atoms with E-state index in [-0.39, 0.29) is 25.0 Å². The molecule has 0 aliphatic rings. The van der Waals surface area contributed by atoms with Crippen molar-refractivity contribution in [1.29, 1.82) is 0 Å². The fourth-order valence-electron chi connectivity index (χ4n) is 2.20. The summed E-state index contributed by atoms with van der Waals surface area (Å²) in [7, 11) is 0. The summed E-state index contributed by atoms with van der Waals surface area (Å²) in [4.78, 5) is 32.0. The number of hydrogen-bond donors (Lipinski definition) is 3. The summed E-state index contributed by atoms with van der Waals surface area (Å²) >= 11 is 1.31. The fraction of sp³-hybridized carbons (Fsp3) is 0.200. The third kappa shape index (κ3) is 3.58. The Morgan fingerprint density at radius 1 is 1.29 bits per heavy atom. The molecule has 0 radical (unpaired) electrons. The highest BCUT2D eigenvalue weighted by Gasteiger charge is 2.11. The van der Waals surface area contributed by atoms with Crippen molar-refractivity contribution in [3.8, 4) is 0 Å². The number of benzene rings is 1.